The summed E-state index contributed by atoms with van der Waals surface area (Å²) in [6, 6.07) is 7.55. The van der Waals surface area contributed by atoms with Gasteiger partial charge in [0.2, 0.25) is 0 Å². The lowest BCUT2D eigenvalue weighted by Gasteiger charge is -2.05. The van der Waals surface area contributed by atoms with Crippen LogP contribution in [0.4, 0.5) is 5.95 Å². The van der Waals surface area contributed by atoms with Crippen LogP contribution in [0.3, 0.4) is 0 Å². The summed E-state index contributed by atoms with van der Waals surface area (Å²) >= 11 is 11.1. The largest absolute Gasteiger partial charge is 0.389 e. The Labute approximate surface area is 117 Å². The summed E-state index contributed by atoms with van der Waals surface area (Å²) in [6.45, 7) is 0. The Bertz CT molecular complexity index is 536. The third-order valence-corrected chi connectivity index (χ3v) is 4.35. The normalized spacial score (nSPS) is 10.5. The fraction of sp³-hybridized carbons (Fsp3) is 0.0909. The lowest BCUT2D eigenvalue weighted by Crippen LogP contribution is -2.36. The molecule has 1 aromatic carbocycles. The first-order chi connectivity index (χ1) is 8.16. The van der Waals surface area contributed by atoms with Crippen molar-refractivity contribution in [1.82, 2.24) is 4.98 Å². The number of hydrogen-bond donors (Lipinski definition) is 1. The van der Waals surface area contributed by atoms with Crippen LogP contribution in [-0.4, -0.2) is 4.98 Å². The topological polar surface area (TPSA) is 42.8 Å². The molecule has 3 nitrogen and oxygen atoms in total. The molecule has 0 aliphatic carbocycles. The second-order valence-corrected chi connectivity index (χ2v) is 5.57. The number of nitrogens with two attached hydrogens (primary N) is 1. The minimum absolute atomic E-state index is 0.498. The van der Waals surface area contributed by atoms with Crippen LogP contribution < -0.4 is 10.3 Å². The van der Waals surface area contributed by atoms with Gasteiger partial charge in [-0.05, 0) is 34.1 Å². The minimum atomic E-state index is 0.498. The van der Waals surface area contributed by atoms with Gasteiger partial charge < -0.3 is 0 Å². The van der Waals surface area contributed by atoms with Gasteiger partial charge in [0.15, 0.2) is 0 Å². The maximum Gasteiger partial charge on any atom is 0.389 e. The molecule has 0 unspecified atom stereocenters. The smallest absolute Gasteiger partial charge is 0.287 e. The lowest BCUT2D eigenvalue weighted by atomic mass is 10.4. The monoisotopic (exact) mass is 330 g/mol. The molecular formula is C11H10BrClN3S+. The summed E-state index contributed by atoms with van der Waals surface area (Å²) in [7, 11) is 0. The van der Waals surface area contributed by atoms with E-state index < -0.39 is 0 Å². The van der Waals surface area contributed by atoms with Gasteiger partial charge in [-0.15, -0.1) is 0 Å². The van der Waals surface area contributed by atoms with E-state index in [9.17, 15) is 0 Å². The van der Waals surface area contributed by atoms with E-state index in [0.717, 1.165) is 14.4 Å². The molecule has 0 saturated heterocycles. The highest BCUT2D eigenvalue weighted by atomic mass is 79.9. The van der Waals surface area contributed by atoms with Gasteiger partial charge in [0, 0.05) is 20.5 Å². The van der Waals surface area contributed by atoms with Gasteiger partial charge in [-0.3, -0.25) is 5.73 Å². The number of rotatable bonds is 3. The van der Waals surface area contributed by atoms with Crippen molar-refractivity contribution in [2.75, 3.05) is 5.73 Å². The van der Waals surface area contributed by atoms with E-state index >= 15 is 0 Å². The highest BCUT2D eigenvalue weighted by molar-refractivity contribution is 9.10. The van der Waals surface area contributed by atoms with E-state index in [-0.39, 0.29) is 0 Å². The van der Waals surface area contributed by atoms with Gasteiger partial charge in [0.1, 0.15) is 12.1 Å². The molecule has 6 heteroatoms. The number of hydrogen-bond acceptors (Lipinski definition) is 3. The molecule has 0 saturated carbocycles. The summed E-state index contributed by atoms with van der Waals surface area (Å²) in [4.78, 5) is 5.10. The maximum absolute atomic E-state index is 5.95. The van der Waals surface area contributed by atoms with Gasteiger partial charge >= 0.3 is 5.95 Å². The first kappa shape index (κ1) is 12.7. The Kier molecular flexibility index (Phi) is 4.25. The Hall–Kier alpha value is -0.780. The number of nitrogen functional groups attached to an aromatic ring is 1. The zero-order valence-electron chi connectivity index (χ0n) is 8.81. The summed E-state index contributed by atoms with van der Waals surface area (Å²) in [6.07, 6.45) is 3.57. The van der Waals surface area contributed by atoms with E-state index in [2.05, 4.69) is 20.9 Å². The molecule has 88 valence electrons. The molecule has 0 amide bonds. The third-order valence-electron chi connectivity index (χ3n) is 2.11. The van der Waals surface area contributed by atoms with Gasteiger partial charge in [-0.1, -0.05) is 28.3 Å². The van der Waals surface area contributed by atoms with E-state index in [4.69, 9.17) is 17.3 Å². The van der Waals surface area contributed by atoms with Gasteiger partial charge in [0.05, 0.1) is 6.20 Å². The fourth-order valence-corrected chi connectivity index (χ4v) is 2.99. The van der Waals surface area contributed by atoms with Crippen molar-refractivity contribution in [3.8, 4) is 0 Å². The average Bonchev–Trinajstić information content (AvgIpc) is 2.32. The Morgan fingerprint density at radius 1 is 1.47 bits per heavy atom. The predicted molar refractivity (Wildman–Crippen MR) is 73.9 cm³/mol. The van der Waals surface area contributed by atoms with E-state index in [1.54, 1.807) is 18.0 Å². The van der Waals surface area contributed by atoms with Crippen LogP contribution in [0.2, 0.25) is 5.02 Å². The van der Waals surface area contributed by atoms with Crippen molar-refractivity contribution in [2.24, 2.45) is 0 Å². The molecule has 2 aromatic rings. The van der Waals surface area contributed by atoms with E-state index in [0.29, 0.717) is 11.8 Å². The first-order valence-electron chi connectivity index (χ1n) is 4.84. The van der Waals surface area contributed by atoms with Crippen molar-refractivity contribution < 1.29 is 4.57 Å². The predicted octanol–water partition coefficient (Wildman–Crippen LogP) is 3.12. The number of halogens is 2. The van der Waals surface area contributed by atoms with Crippen LogP contribution >= 0.6 is 39.3 Å². The number of benzene rings is 1. The molecule has 1 heterocycles. The molecule has 17 heavy (non-hydrogen) atoms. The second kappa shape index (κ2) is 5.71. The molecule has 0 bridgehead atoms. The third kappa shape index (κ3) is 3.34. The quantitative estimate of drug-likeness (QED) is 0.694. The summed E-state index contributed by atoms with van der Waals surface area (Å²) < 4.78 is 2.90. The van der Waals surface area contributed by atoms with Crippen LogP contribution in [0.15, 0.2) is 46.0 Å². The Balaban J connectivity index is 2.12. The number of thioether (sulfide) groups is 1. The molecule has 0 aliphatic rings. The molecule has 2 N–H and O–H groups in total. The minimum Gasteiger partial charge on any atom is -0.287 e. The van der Waals surface area contributed by atoms with Crippen molar-refractivity contribution >= 4 is 45.2 Å². The maximum atomic E-state index is 5.95. The summed E-state index contributed by atoms with van der Waals surface area (Å²) in [5, 5.41) is 0.722. The van der Waals surface area contributed by atoms with Crippen LogP contribution in [0, 0.1) is 0 Å². The molecular weight excluding hydrogens is 322 g/mol. The molecule has 1 aromatic heterocycles. The first-order valence-corrected chi connectivity index (χ1v) is 7.00. The Morgan fingerprint density at radius 3 is 3.06 bits per heavy atom. The number of aromatic nitrogens is 2. The van der Waals surface area contributed by atoms with E-state index in [1.807, 2.05) is 35.0 Å². The molecule has 0 spiro atoms. The van der Waals surface area contributed by atoms with E-state index in [1.165, 1.54) is 0 Å². The molecule has 0 fully saturated rings. The standard InChI is InChI=1S/C11H9BrClN3S/c12-9-3-2-8(13)6-10(9)17-7-16-5-1-4-15-11(16)14/h1-6,14H,7H2/p+1. The van der Waals surface area contributed by atoms with Crippen LogP contribution in [0.1, 0.15) is 0 Å². The highest BCUT2D eigenvalue weighted by Crippen LogP contribution is 2.30. The second-order valence-electron chi connectivity index (χ2n) is 3.30. The fourth-order valence-electron chi connectivity index (χ4n) is 1.25. The van der Waals surface area contributed by atoms with Gasteiger partial charge in [0.25, 0.3) is 0 Å². The zero-order chi connectivity index (χ0) is 12.3. The van der Waals surface area contributed by atoms with Crippen molar-refractivity contribution in [1.29, 1.82) is 0 Å². The molecule has 0 aliphatic heterocycles. The number of nitrogens with zero attached hydrogens (tertiary/aromatic N) is 2. The molecule has 2 rings (SSSR count). The summed E-state index contributed by atoms with van der Waals surface area (Å²) in [5.74, 6) is 1.19. The van der Waals surface area contributed by atoms with Gasteiger partial charge in [-0.25, -0.2) is 4.57 Å². The number of anilines is 1. The van der Waals surface area contributed by atoms with Gasteiger partial charge in [-0.2, -0.15) is 0 Å². The van der Waals surface area contributed by atoms with Crippen molar-refractivity contribution in [3.63, 3.8) is 0 Å². The molecule has 0 atom stereocenters. The van der Waals surface area contributed by atoms with Crippen LogP contribution in [0.5, 0.6) is 0 Å². The Morgan fingerprint density at radius 2 is 2.29 bits per heavy atom. The van der Waals surface area contributed by atoms with Crippen LogP contribution in [-0.2, 0) is 5.88 Å². The highest BCUT2D eigenvalue weighted by Gasteiger charge is 2.07. The van der Waals surface area contributed by atoms with Crippen molar-refractivity contribution in [3.05, 3.63) is 46.2 Å². The van der Waals surface area contributed by atoms with Crippen LogP contribution in [0.25, 0.3) is 0 Å². The SMILES string of the molecule is Nc1nccc[n+]1CSc1cc(Cl)ccc1Br. The zero-order valence-corrected chi connectivity index (χ0v) is 12.0. The average molecular weight is 332 g/mol. The van der Waals surface area contributed by atoms with Crippen molar-refractivity contribution in [2.45, 2.75) is 10.8 Å². The molecule has 0 radical (unpaired) electrons. The lowest BCUT2D eigenvalue weighted by molar-refractivity contribution is -0.663. The summed E-state index contributed by atoms with van der Waals surface area (Å²) in [5.41, 5.74) is 5.75.